The van der Waals surface area contributed by atoms with Crippen LogP contribution in [0.15, 0.2) is 54.6 Å². The molecule has 0 aliphatic carbocycles. The number of hydrogen-bond acceptors (Lipinski definition) is 1. The molecule has 4 rings (SSSR count). The minimum Gasteiger partial charge on any atom is -0.299 e. The van der Waals surface area contributed by atoms with E-state index in [0.29, 0.717) is 0 Å². The minimum absolute atomic E-state index is 0.954. The molecule has 124 valence electrons. The second kappa shape index (κ2) is 6.94. The molecule has 0 atom stereocenters. The summed E-state index contributed by atoms with van der Waals surface area (Å²) in [5.41, 5.74) is 1.51. The van der Waals surface area contributed by atoms with Gasteiger partial charge in [0.1, 0.15) is 0 Å². The molecular weight excluding hydrogens is 290 g/mol. The smallest absolute Gasteiger partial charge is 0.0246 e. The molecule has 0 N–H and O–H groups in total. The first kappa shape index (κ1) is 15.7. The maximum atomic E-state index is 2.67. The van der Waals surface area contributed by atoms with E-state index in [1.54, 1.807) is 0 Å². The van der Waals surface area contributed by atoms with Gasteiger partial charge in [-0.2, -0.15) is 0 Å². The van der Waals surface area contributed by atoms with Gasteiger partial charge < -0.3 is 0 Å². The van der Waals surface area contributed by atoms with Crippen LogP contribution in [0.2, 0.25) is 0 Å². The molecule has 24 heavy (non-hydrogen) atoms. The molecule has 1 nitrogen and oxygen atoms in total. The highest BCUT2D eigenvalue weighted by Gasteiger charge is 2.19. The molecule has 3 aromatic carbocycles. The Bertz CT molecular complexity index is 774. The number of likely N-dealkylation sites (tertiary alicyclic amines) is 1. The van der Waals surface area contributed by atoms with Crippen molar-refractivity contribution < 1.29 is 0 Å². The van der Waals surface area contributed by atoms with Gasteiger partial charge in [-0.05, 0) is 65.0 Å². The van der Waals surface area contributed by atoms with E-state index in [1.807, 2.05) is 0 Å². The zero-order valence-corrected chi connectivity index (χ0v) is 14.7. The first-order valence-corrected chi connectivity index (χ1v) is 9.47. The Kier molecular flexibility index (Phi) is 4.53. The van der Waals surface area contributed by atoms with Gasteiger partial charge in [-0.25, -0.2) is 0 Å². The Morgan fingerprint density at radius 1 is 0.875 bits per heavy atom. The van der Waals surface area contributed by atoms with Crippen LogP contribution in [-0.2, 0) is 6.54 Å². The Morgan fingerprint density at radius 3 is 2.04 bits per heavy atom. The molecule has 1 aliphatic heterocycles. The molecule has 1 heterocycles. The topological polar surface area (TPSA) is 3.24 Å². The third kappa shape index (κ3) is 3.06. The van der Waals surface area contributed by atoms with Crippen LogP contribution in [0.5, 0.6) is 0 Å². The monoisotopic (exact) mass is 317 g/mol. The highest BCUT2D eigenvalue weighted by atomic mass is 15.1. The van der Waals surface area contributed by atoms with Gasteiger partial charge in [-0.15, -0.1) is 0 Å². The summed E-state index contributed by atoms with van der Waals surface area (Å²) in [6.45, 7) is 5.90. The second-order valence-corrected chi connectivity index (χ2v) is 7.31. The van der Waals surface area contributed by atoms with Crippen LogP contribution in [0.25, 0.3) is 21.5 Å². The molecule has 0 amide bonds. The summed E-state index contributed by atoms with van der Waals surface area (Å²) in [7, 11) is 0. The van der Waals surface area contributed by atoms with E-state index in [-0.39, 0.29) is 0 Å². The summed E-state index contributed by atoms with van der Waals surface area (Å²) in [4.78, 5) is 2.67. The van der Waals surface area contributed by atoms with E-state index in [9.17, 15) is 0 Å². The van der Waals surface area contributed by atoms with Crippen LogP contribution in [0, 0.1) is 5.92 Å². The summed E-state index contributed by atoms with van der Waals surface area (Å²) in [5, 5.41) is 5.58. The number of hydrogen-bond donors (Lipinski definition) is 0. The molecule has 1 heteroatoms. The van der Waals surface area contributed by atoms with Crippen molar-refractivity contribution in [2.45, 2.75) is 39.2 Å². The van der Waals surface area contributed by atoms with Crippen LogP contribution in [0.1, 0.15) is 38.2 Å². The third-order valence-corrected chi connectivity index (χ3v) is 5.67. The van der Waals surface area contributed by atoms with Gasteiger partial charge in [0, 0.05) is 6.54 Å². The molecule has 3 aromatic rings. The van der Waals surface area contributed by atoms with Gasteiger partial charge in [-0.1, -0.05) is 68.3 Å². The van der Waals surface area contributed by atoms with Crippen molar-refractivity contribution in [1.82, 2.24) is 4.90 Å². The van der Waals surface area contributed by atoms with E-state index in [0.717, 1.165) is 12.5 Å². The van der Waals surface area contributed by atoms with Crippen LogP contribution in [-0.4, -0.2) is 18.0 Å². The highest BCUT2D eigenvalue weighted by Crippen LogP contribution is 2.31. The Labute approximate surface area is 145 Å². The van der Waals surface area contributed by atoms with Gasteiger partial charge >= 0.3 is 0 Å². The maximum absolute atomic E-state index is 2.67. The zero-order valence-electron chi connectivity index (χ0n) is 14.7. The van der Waals surface area contributed by atoms with Crippen LogP contribution < -0.4 is 0 Å². The van der Waals surface area contributed by atoms with Gasteiger partial charge in [0.15, 0.2) is 0 Å². The summed E-state index contributed by atoms with van der Waals surface area (Å²) >= 11 is 0. The molecule has 0 radical (unpaired) electrons. The lowest BCUT2D eigenvalue weighted by atomic mass is 9.91. The highest BCUT2D eigenvalue weighted by molar-refractivity contribution is 6.02. The molecule has 0 saturated carbocycles. The SMILES string of the molecule is CCCC1CCN(Cc2c3ccccc3cc3ccccc23)CC1. The third-order valence-electron chi connectivity index (χ3n) is 5.67. The van der Waals surface area contributed by atoms with Crippen molar-refractivity contribution in [3.63, 3.8) is 0 Å². The lowest BCUT2D eigenvalue weighted by molar-refractivity contribution is 0.173. The molecular formula is C23H27N. The Hall–Kier alpha value is -1.86. The minimum atomic E-state index is 0.954. The van der Waals surface area contributed by atoms with Crippen molar-refractivity contribution in [2.24, 2.45) is 5.92 Å². The van der Waals surface area contributed by atoms with Crippen molar-refractivity contribution in [2.75, 3.05) is 13.1 Å². The molecule has 0 unspecified atom stereocenters. The van der Waals surface area contributed by atoms with Crippen LogP contribution in [0.3, 0.4) is 0 Å². The average Bonchev–Trinajstić information content (AvgIpc) is 2.63. The van der Waals surface area contributed by atoms with E-state index < -0.39 is 0 Å². The van der Waals surface area contributed by atoms with Crippen molar-refractivity contribution in [1.29, 1.82) is 0 Å². The fourth-order valence-corrected chi connectivity index (χ4v) is 4.34. The zero-order chi connectivity index (χ0) is 16.4. The quantitative estimate of drug-likeness (QED) is 0.533. The second-order valence-electron chi connectivity index (χ2n) is 7.31. The predicted octanol–water partition coefficient (Wildman–Crippen LogP) is 6.01. The average molecular weight is 317 g/mol. The van der Waals surface area contributed by atoms with Crippen molar-refractivity contribution >= 4 is 21.5 Å². The molecule has 1 fully saturated rings. The lowest BCUT2D eigenvalue weighted by Crippen LogP contribution is -2.33. The molecule has 1 saturated heterocycles. The number of fused-ring (bicyclic) bond motifs is 2. The standard InChI is InChI=1S/C23H27N/c1-2-7-18-12-14-24(15-13-18)17-23-21-10-5-3-8-19(21)16-20-9-4-6-11-22(20)23/h3-6,8-11,16,18H,2,7,12-15,17H2,1H3. The summed E-state index contributed by atoms with van der Waals surface area (Å²) in [6, 6.07) is 20.1. The molecule has 0 aromatic heterocycles. The maximum Gasteiger partial charge on any atom is 0.0246 e. The normalized spacial score (nSPS) is 16.9. The van der Waals surface area contributed by atoms with Crippen LogP contribution in [0.4, 0.5) is 0 Å². The molecule has 1 aliphatic rings. The number of rotatable bonds is 4. The molecule has 0 bridgehead atoms. The van der Waals surface area contributed by atoms with E-state index in [2.05, 4.69) is 66.4 Å². The first-order chi connectivity index (χ1) is 11.8. The van der Waals surface area contributed by atoms with Crippen molar-refractivity contribution in [3.05, 3.63) is 60.2 Å². The van der Waals surface area contributed by atoms with Gasteiger partial charge in [0.25, 0.3) is 0 Å². The number of piperidine rings is 1. The Balaban J connectivity index is 1.67. The van der Waals surface area contributed by atoms with Crippen molar-refractivity contribution in [3.8, 4) is 0 Å². The first-order valence-electron chi connectivity index (χ1n) is 9.47. The summed E-state index contributed by atoms with van der Waals surface area (Å²) in [5.74, 6) is 0.954. The van der Waals surface area contributed by atoms with Gasteiger partial charge in [0.05, 0.1) is 0 Å². The lowest BCUT2D eigenvalue weighted by Gasteiger charge is -2.32. The summed E-state index contributed by atoms with van der Waals surface area (Å²) in [6.07, 6.45) is 5.48. The number of nitrogens with zero attached hydrogens (tertiary/aromatic N) is 1. The van der Waals surface area contributed by atoms with E-state index in [4.69, 9.17) is 0 Å². The van der Waals surface area contributed by atoms with Crippen LogP contribution >= 0.6 is 0 Å². The van der Waals surface area contributed by atoms with Gasteiger partial charge in [-0.3, -0.25) is 4.90 Å². The summed E-state index contributed by atoms with van der Waals surface area (Å²) < 4.78 is 0. The molecule has 0 spiro atoms. The fourth-order valence-electron chi connectivity index (χ4n) is 4.34. The predicted molar refractivity (Wildman–Crippen MR) is 104 cm³/mol. The van der Waals surface area contributed by atoms with Gasteiger partial charge in [0.2, 0.25) is 0 Å². The number of benzene rings is 3. The van der Waals surface area contributed by atoms with E-state index >= 15 is 0 Å². The Morgan fingerprint density at radius 2 is 1.46 bits per heavy atom. The largest absolute Gasteiger partial charge is 0.299 e. The fraction of sp³-hybridized carbons (Fsp3) is 0.391. The van der Waals surface area contributed by atoms with E-state index in [1.165, 1.54) is 65.9 Å².